The number of amides is 3. The zero-order valence-corrected chi connectivity index (χ0v) is 16.1. The van der Waals surface area contributed by atoms with Crippen LogP contribution >= 0.6 is 11.3 Å². The lowest BCUT2D eigenvalue weighted by Gasteiger charge is -2.31. The Morgan fingerprint density at radius 1 is 1.04 bits per heavy atom. The summed E-state index contributed by atoms with van der Waals surface area (Å²) in [5.41, 5.74) is 1.04. The van der Waals surface area contributed by atoms with Gasteiger partial charge in [-0.25, -0.2) is 9.78 Å². The minimum absolute atomic E-state index is 0.155. The number of carbonyl (C=O) groups excluding carboxylic acids is 2. The number of rotatable bonds is 3. The van der Waals surface area contributed by atoms with Crippen LogP contribution in [0.1, 0.15) is 68.4 Å². The van der Waals surface area contributed by atoms with Crippen LogP contribution in [0.3, 0.4) is 0 Å². The van der Waals surface area contributed by atoms with Gasteiger partial charge in [-0.2, -0.15) is 0 Å². The Bertz CT molecular complexity index is 662. The van der Waals surface area contributed by atoms with Gasteiger partial charge in [0.15, 0.2) is 5.13 Å². The van der Waals surface area contributed by atoms with Crippen molar-refractivity contribution in [2.24, 2.45) is 5.92 Å². The summed E-state index contributed by atoms with van der Waals surface area (Å²) in [7, 11) is 0. The average Bonchev–Trinajstić information content (AvgIpc) is 3.30. The average molecular weight is 377 g/mol. The van der Waals surface area contributed by atoms with Crippen LogP contribution in [-0.2, 0) is 17.8 Å². The van der Waals surface area contributed by atoms with E-state index in [0.717, 1.165) is 49.2 Å². The lowest BCUT2D eigenvalue weighted by atomic mass is 9.88. The van der Waals surface area contributed by atoms with E-state index in [1.165, 1.54) is 43.4 Å². The zero-order valence-electron chi connectivity index (χ0n) is 15.3. The summed E-state index contributed by atoms with van der Waals surface area (Å²) < 4.78 is 0. The second kappa shape index (κ2) is 7.94. The van der Waals surface area contributed by atoms with Gasteiger partial charge >= 0.3 is 6.03 Å². The third-order valence-corrected chi connectivity index (χ3v) is 6.91. The number of anilines is 1. The maximum absolute atomic E-state index is 12.8. The molecule has 0 bridgehead atoms. The van der Waals surface area contributed by atoms with Crippen molar-refractivity contribution < 1.29 is 9.59 Å². The fraction of sp³-hybridized carbons (Fsp3) is 0.737. The molecule has 0 atom stereocenters. The molecule has 0 aromatic carbocycles. The summed E-state index contributed by atoms with van der Waals surface area (Å²) in [6, 6.07) is 0.145. The minimum atomic E-state index is -0.155. The van der Waals surface area contributed by atoms with Crippen molar-refractivity contribution in [3.8, 4) is 0 Å². The SMILES string of the molecule is O=C(Nc1nc2c(s1)CN(C(=O)C1CCCCC1)CC2)NC1CCCC1. The predicted molar refractivity (Wildman–Crippen MR) is 102 cm³/mol. The molecule has 0 saturated heterocycles. The lowest BCUT2D eigenvalue weighted by Crippen LogP contribution is -2.40. The topological polar surface area (TPSA) is 74.3 Å². The van der Waals surface area contributed by atoms with E-state index in [0.29, 0.717) is 23.6 Å². The van der Waals surface area contributed by atoms with Crippen LogP contribution in [-0.4, -0.2) is 34.4 Å². The molecule has 0 radical (unpaired) electrons. The number of nitrogens with zero attached hydrogens (tertiary/aromatic N) is 2. The van der Waals surface area contributed by atoms with Crippen molar-refractivity contribution in [3.63, 3.8) is 0 Å². The zero-order chi connectivity index (χ0) is 17.9. The van der Waals surface area contributed by atoms with Gasteiger partial charge in [0, 0.05) is 29.8 Å². The molecular formula is C19H28N4O2S. The smallest absolute Gasteiger partial charge is 0.321 e. The standard InChI is InChI=1S/C19H28N4O2S/c24-17(13-6-2-1-3-7-13)23-11-10-15-16(12-23)26-19(21-15)22-18(25)20-14-8-4-5-9-14/h13-14H,1-12H2,(H2,20,21,22,25). The molecule has 7 heteroatoms. The first-order chi connectivity index (χ1) is 12.7. The van der Waals surface area contributed by atoms with E-state index in [1.807, 2.05) is 4.90 Å². The van der Waals surface area contributed by atoms with Gasteiger partial charge < -0.3 is 10.2 Å². The summed E-state index contributed by atoms with van der Waals surface area (Å²) in [5.74, 6) is 0.533. The molecule has 2 aliphatic carbocycles. The van der Waals surface area contributed by atoms with Crippen LogP contribution in [0.2, 0.25) is 0 Å². The quantitative estimate of drug-likeness (QED) is 0.845. The number of urea groups is 1. The van der Waals surface area contributed by atoms with Crippen LogP contribution in [0.5, 0.6) is 0 Å². The van der Waals surface area contributed by atoms with E-state index in [9.17, 15) is 9.59 Å². The van der Waals surface area contributed by atoms with Gasteiger partial charge in [0.2, 0.25) is 5.91 Å². The van der Waals surface area contributed by atoms with Crippen LogP contribution < -0.4 is 10.6 Å². The molecule has 2 fully saturated rings. The number of carbonyl (C=O) groups is 2. The van der Waals surface area contributed by atoms with Gasteiger partial charge in [-0.15, -0.1) is 0 Å². The van der Waals surface area contributed by atoms with Gasteiger partial charge in [0.05, 0.1) is 12.2 Å². The number of thiazole rings is 1. The second-order valence-corrected chi connectivity index (χ2v) is 8.90. The third-order valence-electron chi connectivity index (χ3n) is 5.91. The highest BCUT2D eigenvalue weighted by molar-refractivity contribution is 7.15. The van der Waals surface area contributed by atoms with E-state index >= 15 is 0 Å². The van der Waals surface area contributed by atoms with Crippen LogP contribution in [0, 0.1) is 5.92 Å². The van der Waals surface area contributed by atoms with E-state index in [1.54, 1.807) is 0 Å². The van der Waals surface area contributed by atoms with Gasteiger partial charge in [-0.3, -0.25) is 10.1 Å². The summed E-state index contributed by atoms with van der Waals surface area (Å²) in [5, 5.41) is 6.57. The summed E-state index contributed by atoms with van der Waals surface area (Å²) in [6.45, 7) is 1.40. The van der Waals surface area contributed by atoms with Gasteiger partial charge in [0.25, 0.3) is 0 Å². The number of hydrogen-bond acceptors (Lipinski definition) is 4. The van der Waals surface area contributed by atoms with Crippen molar-refractivity contribution in [1.82, 2.24) is 15.2 Å². The first kappa shape index (κ1) is 17.8. The molecule has 1 aliphatic heterocycles. The summed E-state index contributed by atoms with van der Waals surface area (Å²) in [4.78, 5) is 32.6. The van der Waals surface area contributed by atoms with Crippen molar-refractivity contribution in [2.45, 2.75) is 76.8 Å². The monoisotopic (exact) mass is 376 g/mol. The largest absolute Gasteiger partial charge is 0.337 e. The van der Waals surface area contributed by atoms with Gasteiger partial charge in [-0.1, -0.05) is 43.4 Å². The number of fused-ring (bicyclic) bond motifs is 1. The molecule has 3 aliphatic rings. The molecule has 2 heterocycles. The Morgan fingerprint density at radius 2 is 1.77 bits per heavy atom. The first-order valence-electron chi connectivity index (χ1n) is 10.0. The van der Waals surface area contributed by atoms with Crippen LogP contribution in [0.4, 0.5) is 9.93 Å². The Hall–Kier alpha value is -1.63. The summed E-state index contributed by atoms with van der Waals surface area (Å²) in [6.07, 6.45) is 11.0. The fourth-order valence-corrected chi connectivity index (χ4v) is 5.45. The second-order valence-electron chi connectivity index (χ2n) is 7.81. The minimum Gasteiger partial charge on any atom is -0.337 e. The number of hydrogen-bond donors (Lipinski definition) is 2. The van der Waals surface area contributed by atoms with Crippen LogP contribution in [0.15, 0.2) is 0 Å². The molecule has 6 nitrogen and oxygen atoms in total. The normalized spacial score (nSPS) is 21.5. The Labute approximate surface area is 158 Å². The predicted octanol–water partition coefficient (Wildman–Crippen LogP) is 3.67. The first-order valence-corrected chi connectivity index (χ1v) is 10.9. The van der Waals surface area contributed by atoms with E-state index in [-0.39, 0.29) is 11.9 Å². The Morgan fingerprint density at radius 3 is 2.54 bits per heavy atom. The molecule has 3 amide bonds. The van der Waals surface area contributed by atoms with E-state index < -0.39 is 0 Å². The highest BCUT2D eigenvalue weighted by Crippen LogP contribution is 2.31. The highest BCUT2D eigenvalue weighted by Gasteiger charge is 2.30. The lowest BCUT2D eigenvalue weighted by molar-refractivity contribution is -0.137. The molecule has 142 valence electrons. The van der Waals surface area contributed by atoms with Gasteiger partial charge in [0.1, 0.15) is 0 Å². The van der Waals surface area contributed by atoms with Crippen molar-refractivity contribution in [1.29, 1.82) is 0 Å². The maximum Gasteiger partial charge on any atom is 0.321 e. The molecule has 4 rings (SSSR count). The van der Waals surface area contributed by atoms with Gasteiger partial charge in [-0.05, 0) is 25.7 Å². The van der Waals surface area contributed by atoms with E-state index in [4.69, 9.17) is 0 Å². The van der Waals surface area contributed by atoms with Crippen molar-refractivity contribution >= 4 is 28.4 Å². The molecule has 2 N–H and O–H groups in total. The molecule has 1 aromatic heterocycles. The molecule has 0 unspecified atom stereocenters. The molecule has 26 heavy (non-hydrogen) atoms. The molecule has 0 spiro atoms. The maximum atomic E-state index is 12.8. The van der Waals surface area contributed by atoms with Crippen molar-refractivity contribution in [3.05, 3.63) is 10.6 Å². The molecule has 2 saturated carbocycles. The third kappa shape index (κ3) is 4.03. The highest BCUT2D eigenvalue weighted by atomic mass is 32.1. The summed E-state index contributed by atoms with van der Waals surface area (Å²) >= 11 is 1.51. The molecular weight excluding hydrogens is 348 g/mol. The number of aromatic nitrogens is 1. The van der Waals surface area contributed by atoms with E-state index in [2.05, 4.69) is 15.6 Å². The van der Waals surface area contributed by atoms with Crippen molar-refractivity contribution in [2.75, 3.05) is 11.9 Å². The Balaban J connectivity index is 1.34. The van der Waals surface area contributed by atoms with Crippen LogP contribution in [0.25, 0.3) is 0 Å². The molecule has 1 aromatic rings. The number of nitrogens with one attached hydrogen (secondary N) is 2. The Kier molecular flexibility index (Phi) is 5.43. The fourth-order valence-electron chi connectivity index (χ4n) is 4.43.